The second kappa shape index (κ2) is 4.78. The molecule has 16 heavy (non-hydrogen) atoms. The average Bonchev–Trinajstić information content (AvgIpc) is 2.30. The molecule has 0 radical (unpaired) electrons. The van der Waals surface area contributed by atoms with Gasteiger partial charge in [0.05, 0.1) is 0 Å². The Morgan fingerprint density at radius 2 is 2.12 bits per heavy atom. The highest BCUT2D eigenvalue weighted by atomic mass is 16.7. The van der Waals surface area contributed by atoms with Crippen molar-refractivity contribution in [3.63, 3.8) is 0 Å². The van der Waals surface area contributed by atoms with Crippen molar-refractivity contribution in [2.45, 2.75) is 0 Å². The molecule has 0 saturated carbocycles. The van der Waals surface area contributed by atoms with E-state index in [2.05, 4.69) is 9.72 Å². The summed E-state index contributed by atoms with van der Waals surface area (Å²) in [7, 11) is 0. The molecule has 1 heterocycles. The Kier molecular flexibility index (Phi) is 3.19. The first-order valence-corrected chi connectivity index (χ1v) is 4.75. The van der Waals surface area contributed by atoms with Crippen molar-refractivity contribution in [1.82, 2.24) is 4.98 Å². The third-order valence-electron chi connectivity index (χ3n) is 2.12. The van der Waals surface area contributed by atoms with E-state index in [4.69, 9.17) is 9.84 Å². The molecular weight excluding hydrogens is 210 g/mol. The molecule has 0 aliphatic carbocycles. The van der Waals surface area contributed by atoms with Crippen molar-refractivity contribution in [3.05, 3.63) is 40.7 Å². The van der Waals surface area contributed by atoms with E-state index in [0.29, 0.717) is 11.3 Å². The molecule has 0 unspecified atom stereocenters. The number of pyridine rings is 1. The van der Waals surface area contributed by atoms with Gasteiger partial charge in [-0.2, -0.15) is 0 Å². The van der Waals surface area contributed by atoms with Gasteiger partial charge >= 0.3 is 0 Å². The van der Waals surface area contributed by atoms with E-state index in [-0.39, 0.29) is 12.4 Å². The Bertz CT molecular complexity index is 535. The van der Waals surface area contributed by atoms with Crippen LogP contribution in [0.3, 0.4) is 0 Å². The molecule has 0 bridgehead atoms. The molecule has 5 nitrogen and oxygen atoms in total. The van der Waals surface area contributed by atoms with Crippen LogP contribution in [0.4, 0.5) is 0 Å². The summed E-state index contributed by atoms with van der Waals surface area (Å²) >= 11 is 0. The maximum atomic E-state index is 11.6. The Morgan fingerprint density at radius 1 is 1.31 bits per heavy atom. The zero-order chi connectivity index (χ0) is 11.4. The molecule has 2 aromatic rings. The number of aliphatic hydroxyl groups is 1. The summed E-state index contributed by atoms with van der Waals surface area (Å²) in [6.45, 7) is -0.525. The molecule has 84 valence electrons. The molecule has 1 aromatic heterocycles. The van der Waals surface area contributed by atoms with Gasteiger partial charge in [0.1, 0.15) is 6.79 Å². The highest BCUT2D eigenvalue weighted by Gasteiger charge is 2.01. The van der Waals surface area contributed by atoms with Crippen LogP contribution in [0.1, 0.15) is 0 Å². The Labute approximate surface area is 91.2 Å². The highest BCUT2D eigenvalue weighted by molar-refractivity contribution is 5.82. The minimum atomic E-state index is -0.419. The molecule has 0 aliphatic rings. The van der Waals surface area contributed by atoms with Gasteiger partial charge in [0, 0.05) is 11.5 Å². The van der Waals surface area contributed by atoms with Crippen LogP contribution in [0.15, 0.2) is 35.1 Å². The van der Waals surface area contributed by atoms with Crippen LogP contribution in [-0.2, 0) is 4.74 Å². The van der Waals surface area contributed by atoms with Gasteiger partial charge in [-0.15, -0.1) is 0 Å². The number of hydrogen-bond donors (Lipinski definition) is 2. The van der Waals surface area contributed by atoms with E-state index in [0.717, 1.165) is 5.39 Å². The van der Waals surface area contributed by atoms with E-state index in [1.54, 1.807) is 18.2 Å². The normalized spacial score (nSPS) is 10.6. The van der Waals surface area contributed by atoms with E-state index >= 15 is 0 Å². The lowest BCUT2D eigenvalue weighted by Crippen LogP contribution is -2.10. The van der Waals surface area contributed by atoms with Crippen molar-refractivity contribution >= 4 is 10.8 Å². The number of fused-ring (bicyclic) bond motifs is 1. The zero-order valence-electron chi connectivity index (χ0n) is 8.47. The molecule has 0 aliphatic heterocycles. The van der Waals surface area contributed by atoms with E-state index in [1.165, 1.54) is 0 Å². The Morgan fingerprint density at radius 3 is 2.94 bits per heavy atom. The van der Waals surface area contributed by atoms with Crippen LogP contribution in [0.5, 0.6) is 5.88 Å². The van der Waals surface area contributed by atoms with Crippen LogP contribution in [0, 0.1) is 0 Å². The highest BCUT2D eigenvalue weighted by Crippen LogP contribution is 2.13. The zero-order valence-corrected chi connectivity index (χ0v) is 8.47. The number of benzene rings is 1. The fourth-order valence-corrected chi connectivity index (χ4v) is 1.41. The standard InChI is InChI=1S/C11H11NO4/c13-6-15-7-16-10-5-8-3-1-2-4-9(8)11(14)12-10/h1-5,13H,6-7H2,(H,12,14). The number of hydrogen-bond acceptors (Lipinski definition) is 4. The first-order valence-electron chi connectivity index (χ1n) is 4.75. The summed E-state index contributed by atoms with van der Waals surface area (Å²) < 4.78 is 9.70. The lowest BCUT2D eigenvalue weighted by atomic mass is 10.2. The summed E-state index contributed by atoms with van der Waals surface area (Å²) in [5.74, 6) is 0.317. The van der Waals surface area contributed by atoms with Crippen molar-refractivity contribution < 1.29 is 14.6 Å². The van der Waals surface area contributed by atoms with Crippen LogP contribution >= 0.6 is 0 Å². The topological polar surface area (TPSA) is 71.6 Å². The van der Waals surface area contributed by atoms with E-state index < -0.39 is 6.79 Å². The number of ether oxygens (including phenoxy) is 2. The number of H-pyrrole nitrogens is 1. The molecular formula is C11H11NO4. The van der Waals surface area contributed by atoms with Gasteiger partial charge in [0.25, 0.3) is 5.56 Å². The van der Waals surface area contributed by atoms with Crippen LogP contribution < -0.4 is 10.3 Å². The predicted octanol–water partition coefficient (Wildman–Crippen LogP) is 0.831. The Balaban J connectivity index is 2.31. The van der Waals surface area contributed by atoms with E-state index in [1.807, 2.05) is 12.1 Å². The monoisotopic (exact) mass is 221 g/mol. The number of nitrogens with one attached hydrogen (secondary N) is 1. The van der Waals surface area contributed by atoms with Gasteiger partial charge in [0.15, 0.2) is 12.7 Å². The molecule has 5 heteroatoms. The average molecular weight is 221 g/mol. The van der Waals surface area contributed by atoms with Gasteiger partial charge in [-0.1, -0.05) is 18.2 Å². The second-order valence-electron chi connectivity index (χ2n) is 3.15. The van der Waals surface area contributed by atoms with Crippen LogP contribution in [-0.4, -0.2) is 23.7 Å². The molecule has 2 N–H and O–H groups in total. The predicted molar refractivity (Wildman–Crippen MR) is 58.2 cm³/mol. The smallest absolute Gasteiger partial charge is 0.258 e. The number of aliphatic hydroxyl groups excluding tert-OH is 1. The summed E-state index contributed by atoms with van der Waals surface area (Å²) in [5.41, 5.74) is -0.211. The lowest BCUT2D eigenvalue weighted by molar-refractivity contribution is -0.0666. The van der Waals surface area contributed by atoms with Crippen molar-refractivity contribution in [2.24, 2.45) is 0 Å². The van der Waals surface area contributed by atoms with Gasteiger partial charge in [0.2, 0.25) is 0 Å². The van der Waals surface area contributed by atoms with Gasteiger partial charge < -0.3 is 14.6 Å². The molecule has 1 aromatic carbocycles. The van der Waals surface area contributed by atoms with Crippen molar-refractivity contribution in [3.8, 4) is 5.88 Å². The number of rotatable bonds is 4. The fraction of sp³-hybridized carbons (Fsp3) is 0.182. The van der Waals surface area contributed by atoms with Crippen molar-refractivity contribution in [1.29, 1.82) is 0 Å². The first-order chi connectivity index (χ1) is 7.81. The minimum Gasteiger partial charge on any atom is -0.452 e. The maximum Gasteiger partial charge on any atom is 0.258 e. The third kappa shape index (κ3) is 2.21. The summed E-state index contributed by atoms with van der Waals surface area (Å²) in [4.78, 5) is 14.2. The maximum absolute atomic E-state index is 11.6. The Hall–Kier alpha value is -1.85. The molecule has 2 rings (SSSR count). The number of aromatic nitrogens is 1. The summed E-state index contributed by atoms with van der Waals surface area (Å²) in [6, 6.07) is 8.91. The minimum absolute atomic E-state index is 0.106. The van der Waals surface area contributed by atoms with E-state index in [9.17, 15) is 4.79 Å². The van der Waals surface area contributed by atoms with Gasteiger partial charge in [-0.25, -0.2) is 0 Å². The molecule has 0 saturated heterocycles. The second-order valence-corrected chi connectivity index (χ2v) is 3.15. The van der Waals surface area contributed by atoms with Gasteiger partial charge in [-0.3, -0.25) is 9.78 Å². The largest absolute Gasteiger partial charge is 0.452 e. The van der Waals surface area contributed by atoms with Crippen LogP contribution in [0.25, 0.3) is 10.8 Å². The summed E-state index contributed by atoms with van der Waals surface area (Å²) in [6.07, 6.45) is 0. The third-order valence-corrected chi connectivity index (χ3v) is 2.12. The molecule has 0 amide bonds. The lowest BCUT2D eigenvalue weighted by Gasteiger charge is -2.05. The van der Waals surface area contributed by atoms with Gasteiger partial charge in [-0.05, 0) is 11.5 Å². The molecule has 0 atom stereocenters. The van der Waals surface area contributed by atoms with Crippen molar-refractivity contribution in [2.75, 3.05) is 13.6 Å². The number of aromatic amines is 1. The quantitative estimate of drug-likeness (QED) is 0.592. The first kappa shape index (κ1) is 10.7. The summed E-state index contributed by atoms with van der Waals surface area (Å²) in [5, 5.41) is 9.80. The fourth-order valence-electron chi connectivity index (χ4n) is 1.41. The van der Waals surface area contributed by atoms with Crippen LogP contribution in [0.2, 0.25) is 0 Å². The SMILES string of the molecule is O=c1[nH]c(OCOCO)cc2ccccc12. The molecule has 0 spiro atoms. The molecule has 0 fully saturated rings.